The third-order valence-electron chi connectivity index (χ3n) is 4.99. The van der Waals surface area contributed by atoms with Gasteiger partial charge in [-0.15, -0.1) is 0 Å². The molecule has 30 heavy (non-hydrogen) atoms. The third kappa shape index (κ3) is 4.38. The second-order valence-corrected chi connectivity index (χ2v) is 8.86. The summed E-state index contributed by atoms with van der Waals surface area (Å²) in [6.07, 6.45) is 1.37. The molecule has 158 valence electrons. The van der Waals surface area contributed by atoms with Gasteiger partial charge in [-0.25, -0.2) is 8.42 Å². The average Bonchev–Trinajstić information content (AvgIpc) is 3.44. The first-order chi connectivity index (χ1) is 14.6. The first kappa shape index (κ1) is 20.5. The molecule has 0 N–H and O–H groups in total. The molecule has 1 aliphatic rings. The van der Waals surface area contributed by atoms with Crippen molar-refractivity contribution in [3.05, 3.63) is 71.9 Å². The standard InChI is InChI=1S/C21H23N3O5S/c1-27-17-9-11-18(12-10-17)30(25,26)24-13-5-8-19(24)21-22-20(29-23-21)15-28-14-16-6-3-2-4-7-16/h2-4,6-7,9-12,19H,5,8,13-15H2,1H3. The minimum Gasteiger partial charge on any atom is -0.497 e. The lowest BCUT2D eigenvalue weighted by atomic mass is 10.2. The minimum absolute atomic E-state index is 0.167. The Morgan fingerprint density at radius 3 is 2.60 bits per heavy atom. The lowest BCUT2D eigenvalue weighted by Crippen LogP contribution is -2.31. The van der Waals surface area contributed by atoms with Gasteiger partial charge < -0.3 is 14.0 Å². The molecule has 1 atom stereocenters. The van der Waals surface area contributed by atoms with Crippen molar-refractivity contribution < 1.29 is 22.4 Å². The predicted octanol–water partition coefficient (Wildman–Crippen LogP) is 3.32. The molecule has 0 bridgehead atoms. The SMILES string of the molecule is COc1ccc(S(=O)(=O)N2CCCC2c2noc(COCc3ccccc3)n2)cc1. The average molecular weight is 429 g/mol. The summed E-state index contributed by atoms with van der Waals surface area (Å²) in [5.41, 5.74) is 1.05. The van der Waals surface area contributed by atoms with Gasteiger partial charge in [0.1, 0.15) is 12.4 Å². The Bertz CT molecular complexity index is 1070. The van der Waals surface area contributed by atoms with Crippen LogP contribution in [0.5, 0.6) is 5.75 Å². The van der Waals surface area contributed by atoms with E-state index in [-0.39, 0.29) is 11.5 Å². The highest BCUT2D eigenvalue weighted by molar-refractivity contribution is 7.89. The molecular weight excluding hydrogens is 406 g/mol. The number of benzene rings is 2. The van der Waals surface area contributed by atoms with Crippen LogP contribution in [-0.4, -0.2) is 36.5 Å². The second kappa shape index (κ2) is 8.95. The fourth-order valence-electron chi connectivity index (χ4n) is 3.46. The molecule has 0 spiro atoms. The highest BCUT2D eigenvalue weighted by Gasteiger charge is 2.38. The van der Waals surface area contributed by atoms with Crippen LogP contribution in [0.4, 0.5) is 0 Å². The molecule has 1 fully saturated rings. The van der Waals surface area contributed by atoms with Crippen molar-refractivity contribution in [3.63, 3.8) is 0 Å². The van der Waals surface area contributed by atoms with Gasteiger partial charge in [-0.2, -0.15) is 9.29 Å². The molecule has 0 aliphatic carbocycles. The van der Waals surface area contributed by atoms with Crippen LogP contribution < -0.4 is 4.74 Å². The molecule has 0 amide bonds. The monoisotopic (exact) mass is 429 g/mol. The molecule has 9 heteroatoms. The Hall–Kier alpha value is -2.75. The number of nitrogens with zero attached hydrogens (tertiary/aromatic N) is 3. The maximum Gasteiger partial charge on any atom is 0.252 e. The number of hydrogen-bond acceptors (Lipinski definition) is 7. The fourth-order valence-corrected chi connectivity index (χ4v) is 5.12. The lowest BCUT2D eigenvalue weighted by molar-refractivity contribution is 0.0850. The molecule has 2 heterocycles. The quantitative estimate of drug-likeness (QED) is 0.542. The van der Waals surface area contributed by atoms with Crippen LogP contribution in [0.1, 0.15) is 36.2 Å². The molecule has 0 saturated carbocycles. The smallest absolute Gasteiger partial charge is 0.252 e. The summed E-state index contributed by atoms with van der Waals surface area (Å²) in [5.74, 6) is 1.29. The van der Waals surface area contributed by atoms with E-state index >= 15 is 0 Å². The van der Waals surface area contributed by atoms with Gasteiger partial charge >= 0.3 is 0 Å². The molecule has 3 aromatic rings. The fraction of sp³-hybridized carbons (Fsp3) is 0.333. The number of ether oxygens (including phenoxy) is 2. The zero-order valence-corrected chi connectivity index (χ0v) is 17.4. The normalized spacial score (nSPS) is 17.3. The highest BCUT2D eigenvalue weighted by Crippen LogP contribution is 2.35. The van der Waals surface area contributed by atoms with Gasteiger partial charge in [0, 0.05) is 6.54 Å². The van der Waals surface area contributed by atoms with Crippen LogP contribution in [0.15, 0.2) is 64.0 Å². The molecular formula is C21H23N3O5S. The summed E-state index contributed by atoms with van der Waals surface area (Å²) < 4.78 is 43.7. The number of rotatable bonds is 8. The molecule has 2 aromatic carbocycles. The van der Waals surface area contributed by atoms with Crippen LogP contribution in [-0.2, 0) is 28.0 Å². The zero-order valence-electron chi connectivity index (χ0n) is 16.6. The largest absolute Gasteiger partial charge is 0.497 e. The maximum atomic E-state index is 13.1. The summed E-state index contributed by atoms with van der Waals surface area (Å²) in [7, 11) is -2.14. The number of methoxy groups -OCH3 is 1. The van der Waals surface area contributed by atoms with Gasteiger partial charge in [0.25, 0.3) is 5.89 Å². The molecule has 1 aromatic heterocycles. The van der Waals surface area contributed by atoms with E-state index in [1.165, 1.54) is 11.4 Å². The van der Waals surface area contributed by atoms with Gasteiger partial charge in [-0.1, -0.05) is 35.5 Å². The van der Waals surface area contributed by atoms with Crippen molar-refractivity contribution >= 4 is 10.0 Å². The first-order valence-corrected chi connectivity index (χ1v) is 11.1. The zero-order chi connectivity index (χ0) is 21.0. The first-order valence-electron chi connectivity index (χ1n) is 9.68. The van der Waals surface area contributed by atoms with E-state index in [0.717, 1.165) is 12.0 Å². The van der Waals surface area contributed by atoms with Gasteiger partial charge in [-0.3, -0.25) is 0 Å². The second-order valence-electron chi connectivity index (χ2n) is 6.97. The van der Waals surface area contributed by atoms with Crippen LogP contribution in [0.25, 0.3) is 0 Å². The predicted molar refractivity (Wildman–Crippen MR) is 108 cm³/mol. The van der Waals surface area contributed by atoms with Gasteiger partial charge in [-0.05, 0) is 42.7 Å². The van der Waals surface area contributed by atoms with Crippen LogP contribution in [0, 0.1) is 0 Å². The van der Waals surface area contributed by atoms with E-state index in [1.54, 1.807) is 24.3 Å². The van der Waals surface area contributed by atoms with Crippen molar-refractivity contribution in [3.8, 4) is 5.75 Å². The summed E-state index contributed by atoms with van der Waals surface area (Å²) in [4.78, 5) is 4.59. The maximum absolute atomic E-state index is 13.1. The Morgan fingerprint density at radius 2 is 1.87 bits per heavy atom. The third-order valence-corrected chi connectivity index (χ3v) is 6.91. The Kier molecular flexibility index (Phi) is 6.12. The molecule has 4 rings (SSSR count). The van der Waals surface area contributed by atoms with Crippen LogP contribution in [0.3, 0.4) is 0 Å². The Morgan fingerprint density at radius 1 is 1.10 bits per heavy atom. The van der Waals surface area contributed by atoms with E-state index in [4.69, 9.17) is 14.0 Å². The summed E-state index contributed by atoms with van der Waals surface area (Å²) in [6.45, 7) is 1.01. The van der Waals surface area contributed by atoms with E-state index in [0.29, 0.717) is 37.0 Å². The molecule has 8 nitrogen and oxygen atoms in total. The highest BCUT2D eigenvalue weighted by atomic mass is 32.2. The molecule has 0 radical (unpaired) electrons. The molecule has 1 saturated heterocycles. The topological polar surface area (TPSA) is 94.8 Å². The van der Waals surface area contributed by atoms with Crippen molar-refractivity contribution in [1.29, 1.82) is 0 Å². The number of sulfonamides is 1. The van der Waals surface area contributed by atoms with Crippen LogP contribution >= 0.6 is 0 Å². The van der Waals surface area contributed by atoms with Crippen LogP contribution in [0.2, 0.25) is 0 Å². The van der Waals surface area contributed by atoms with E-state index < -0.39 is 16.1 Å². The van der Waals surface area contributed by atoms with Crippen molar-refractivity contribution in [2.24, 2.45) is 0 Å². The van der Waals surface area contributed by atoms with E-state index in [1.807, 2.05) is 30.3 Å². The minimum atomic E-state index is -3.68. The van der Waals surface area contributed by atoms with Gasteiger partial charge in [0.2, 0.25) is 10.0 Å². The summed E-state index contributed by atoms with van der Waals surface area (Å²) in [6, 6.07) is 15.7. The Labute approximate surface area is 175 Å². The molecule has 1 unspecified atom stereocenters. The molecule has 1 aliphatic heterocycles. The lowest BCUT2D eigenvalue weighted by Gasteiger charge is -2.21. The van der Waals surface area contributed by atoms with E-state index in [9.17, 15) is 8.42 Å². The summed E-state index contributed by atoms with van der Waals surface area (Å²) in [5, 5.41) is 4.02. The van der Waals surface area contributed by atoms with E-state index in [2.05, 4.69) is 10.1 Å². The number of aromatic nitrogens is 2. The van der Waals surface area contributed by atoms with Crippen molar-refractivity contribution in [1.82, 2.24) is 14.4 Å². The number of hydrogen-bond donors (Lipinski definition) is 0. The van der Waals surface area contributed by atoms with Crippen molar-refractivity contribution in [2.45, 2.75) is 37.0 Å². The summed E-state index contributed by atoms with van der Waals surface area (Å²) >= 11 is 0. The van der Waals surface area contributed by atoms with Gasteiger partial charge in [0.05, 0.1) is 24.7 Å². The van der Waals surface area contributed by atoms with Crippen molar-refractivity contribution in [2.75, 3.05) is 13.7 Å². The Balaban J connectivity index is 1.44. The van der Waals surface area contributed by atoms with Gasteiger partial charge in [0.15, 0.2) is 5.82 Å².